The molecule has 1 fully saturated rings. The number of rotatable bonds is 3. The summed E-state index contributed by atoms with van der Waals surface area (Å²) in [7, 11) is -4.14. The van der Waals surface area contributed by atoms with Gasteiger partial charge in [-0.2, -0.15) is 0 Å². The van der Waals surface area contributed by atoms with E-state index in [4.69, 9.17) is 26.8 Å². The number of sulfonamides is 1. The minimum atomic E-state index is -4.14. The van der Waals surface area contributed by atoms with Crippen molar-refractivity contribution in [3.63, 3.8) is 0 Å². The lowest BCUT2D eigenvalue weighted by Gasteiger charge is -2.45. The molecule has 1 amide bonds. The Hall–Kier alpha value is -3.21. The summed E-state index contributed by atoms with van der Waals surface area (Å²) >= 11 is 6.38. The number of hydrogen-bond acceptors (Lipinski definition) is 8. The highest BCUT2D eigenvalue weighted by Crippen LogP contribution is 2.46. The molecule has 44 heavy (non-hydrogen) atoms. The number of hydrogen-bond donors (Lipinski definition) is 3. The van der Waals surface area contributed by atoms with E-state index in [-0.39, 0.29) is 41.7 Å². The van der Waals surface area contributed by atoms with E-state index in [2.05, 4.69) is 28.3 Å². The number of nitrogens with one attached hydrogen (secondary N) is 1. The monoisotopic (exact) mass is 641 g/mol. The van der Waals surface area contributed by atoms with Crippen LogP contribution >= 0.6 is 11.6 Å². The number of nitrogens with two attached hydrogens (primary N) is 1. The first kappa shape index (κ1) is 30.8. The zero-order chi connectivity index (χ0) is 31.1. The van der Waals surface area contributed by atoms with Gasteiger partial charge >= 0.3 is 0 Å². The molecule has 1 saturated carbocycles. The van der Waals surface area contributed by atoms with E-state index in [1.165, 1.54) is 11.1 Å². The van der Waals surface area contributed by atoms with Gasteiger partial charge in [0.2, 0.25) is 10.0 Å². The van der Waals surface area contributed by atoms with E-state index in [9.17, 15) is 18.3 Å². The van der Waals surface area contributed by atoms with E-state index < -0.39 is 27.3 Å². The molecule has 0 saturated heterocycles. The summed E-state index contributed by atoms with van der Waals surface area (Å²) in [6.45, 7) is 5.05. The highest BCUT2D eigenvalue weighted by Gasteiger charge is 2.44. The molecular formula is C33H40ClN3O6S. The van der Waals surface area contributed by atoms with Gasteiger partial charge in [0.15, 0.2) is 5.88 Å². The standard InChI is InChI=1S/C33H40ClN3O6S/c1-21(35)42-18-26-6-2-3-7-30(38)27-11-8-24(27)17-37-19-33(14-4-5-22-15-25(34)10-12-28(22)33)20-43-31-13-9-23(16-29(31)37)32(39)36-44(26,40)41/h3,7,9-10,12-13,15-16,24,26-27,30,38H,1-2,4-6,8,11,14,17-20,35H2,(H,36,39)/b7-3+/t24-,26-,27+,30-,33-/m0/s1. The Labute approximate surface area is 264 Å². The summed E-state index contributed by atoms with van der Waals surface area (Å²) < 4.78 is 40.8. The molecule has 0 radical (unpaired) electrons. The number of allylic oxidation sites excluding steroid dienone is 1. The van der Waals surface area contributed by atoms with E-state index in [0.29, 0.717) is 31.9 Å². The zero-order valence-electron chi connectivity index (χ0n) is 24.7. The number of anilines is 1. The Balaban J connectivity index is 1.39. The van der Waals surface area contributed by atoms with Crippen LogP contribution in [0.25, 0.3) is 0 Å². The second-order valence-electron chi connectivity index (χ2n) is 12.7. The molecule has 4 N–H and O–H groups in total. The highest BCUT2D eigenvalue weighted by atomic mass is 35.5. The predicted molar refractivity (Wildman–Crippen MR) is 170 cm³/mol. The molecule has 5 atom stereocenters. The maximum Gasteiger partial charge on any atom is 0.264 e. The van der Waals surface area contributed by atoms with Gasteiger partial charge in [0, 0.05) is 29.1 Å². The van der Waals surface area contributed by atoms with Crippen LogP contribution in [0.1, 0.15) is 60.0 Å². The van der Waals surface area contributed by atoms with Crippen molar-refractivity contribution in [1.29, 1.82) is 0 Å². The number of aryl methyl sites for hydroxylation is 1. The van der Waals surface area contributed by atoms with Gasteiger partial charge in [0.05, 0.1) is 18.4 Å². The summed E-state index contributed by atoms with van der Waals surface area (Å²) in [5.41, 5.74) is 8.68. The van der Waals surface area contributed by atoms with Crippen molar-refractivity contribution < 1.29 is 27.8 Å². The summed E-state index contributed by atoms with van der Waals surface area (Å²) in [6, 6.07) is 11.2. The first-order chi connectivity index (χ1) is 21.0. The fourth-order valence-corrected chi connectivity index (χ4v) is 8.70. The summed E-state index contributed by atoms with van der Waals surface area (Å²) in [6.07, 6.45) is 8.29. The summed E-state index contributed by atoms with van der Waals surface area (Å²) in [5.74, 6) is 0.143. The molecular weight excluding hydrogens is 602 g/mol. The lowest BCUT2D eigenvalue weighted by Crippen LogP contribution is -2.49. The van der Waals surface area contributed by atoms with E-state index >= 15 is 0 Å². The highest BCUT2D eigenvalue weighted by molar-refractivity contribution is 7.90. The van der Waals surface area contributed by atoms with Crippen molar-refractivity contribution in [2.45, 2.75) is 61.7 Å². The minimum Gasteiger partial charge on any atom is -0.490 e. The maximum absolute atomic E-state index is 13.4. The van der Waals surface area contributed by atoms with Gasteiger partial charge in [0.25, 0.3) is 5.91 Å². The Morgan fingerprint density at radius 3 is 2.84 bits per heavy atom. The second kappa shape index (κ2) is 12.3. The van der Waals surface area contributed by atoms with Crippen LogP contribution < -0.4 is 20.1 Å². The number of ether oxygens (including phenoxy) is 2. The van der Waals surface area contributed by atoms with Crippen LogP contribution in [-0.2, 0) is 26.6 Å². The Morgan fingerprint density at radius 2 is 2.07 bits per heavy atom. The van der Waals surface area contributed by atoms with Crippen molar-refractivity contribution in [2.75, 3.05) is 31.2 Å². The topological polar surface area (TPSA) is 131 Å². The van der Waals surface area contributed by atoms with Crippen molar-refractivity contribution >= 4 is 33.2 Å². The largest absolute Gasteiger partial charge is 0.490 e. The third-order valence-corrected chi connectivity index (χ3v) is 11.7. The van der Waals surface area contributed by atoms with E-state index in [0.717, 1.165) is 42.8 Å². The molecule has 4 aliphatic rings. The minimum absolute atomic E-state index is 0.0788. The van der Waals surface area contributed by atoms with Gasteiger partial charge in [-0.25, -0.2) is 13.1 Å². The number of carbonyl (C=O) groups is 1. The molecule has 11 heteroatoms. The molecule has 2 aromatic rings. The fourth-order valence-electron chi connectivity index (χ4n) is 7.27. The van der Waals surface area contributed by atoms with Crippen molar-refractivity contribution in [3.8, 4) is 5.75 Å². The average Bonchev–Trinajstić information content (AvgIpc) is 3.10. The molecule has 6 rings (SSSR count). The number of amides is 1. The Bertz CT molecular complexity index is 1580. The van der Waals surface area contributed by atoms with Crippen LogP contribution in [0, 0.1) is 11.8 Å². The fraction of sp³-hybridized carbons (Fsp3) is 0.485. The number of benzene rings is 2. The number of carbonyl (C=O) groups excluding carboxylic acids is 1. The van der Waals surface area contributed by atoms with Crippen molar-refractivity contribution in [1.82, 2.24) is 4.72 Å². The first-order valence-electron chi connectivity index (χ1n) is 15.3. The zero-order valence-corrected chi connectivity index (χ0v) is 26.3. The van der Waals surface area contributed by atoms with Gasteiger partial charge in [-0.3, -0.25) is 4.79 Å². The molecule has 9 nitrogen and oxygen atoms in total. The number of aliphatic hydroxyl groups excluding tert-OH is 1. The van der Waals surface area contributed by atoms with Crippen LogP contribution in [0.5, 0.6) is 5.75 Å². The maximum atomic E-state index is 13.4. The van der Waals surface area contributed by atoms with Gasteiger partial charge in [0.1, 0.15) is 17.6 Å². The summed E-state index contributed by atoms with van der Waals surface area (Å²) in [4.78, 5) is 15.7. The third kappa shape index (κ3) is 6.17. The molecule has 2 aliphatic carbocycles. The Kier molecular flexibility index (Phi) is 8.60. The molecule has 0 aromatic heterocycles. The molecule has 2 bridgehead atoms. The van der Waals surface area contributed by atoms with Crippen LogP contribution in [0.4, 0.5) is 5.69 Å². The SMILES string of the molecule is C=C(N)OC[C@@H]1CC/C=C/[C@H](O)[C@@H]2CC[C@H]2CN2C[C@@]3(CCCc4cc(Cl)ccc43)COc3ccc(cc32)C(=O)NS1(=O)=O. The van der Waals surface area contributed by atoms with Gasteiger partial charge < -0.3 is 25.2 Å². The molecule has 236 valence electrons. The molecule has 0 unspecified atom stereocenters. The van der Waals surface area contributed by atoms with Crippen LogP contribution in [0.2, 0.25) is 5.02 Å². The molecule has 2 aromatic carbocycles. The number of aliphatic hydroxyl groups is 1. The van der Waals surface area contributed by atoms with E-state index in [1.807, 2.05) is 12.1 Å². The van der Waals surface area contributed by atoms with Gasteiger partial charge in [-0.05, 0) is 105 Å². The number of nitrogens with zero attached hydrogens (tertiary/aromatic N) is 1. The molecule has 2 heterocycles. The smallest absolute Gasteiger partial charge is 0.264 e. The Morgan fingerprint density at radius 1 is 1.23 bits per heavy atom. The normalized spacial score (nSPS) is 30.4. The number of fused-ring (bicyclic) bond motifs is 4. The lowest BCUT2D eigenvalue weighted by molar-refractivity contribution is 0.0456. The first-order valence-corrected chi connectivity index (χ1v) is 17.3. The lowest BCUT2D eigenvalue weighted by atomic mass is 9.68. The van der Waals surface area contributed by atoms with Gasteiger partial charge in [-0.15, -0.1) is 0 Å². The van der Waals surface area contributed by atoms with E-state index in [1.54, 1.807) is 24.3 Å². The quantitative estimate of drug-likeness (QED) is 0.332. The summed E-state index contributed by atoms with van der Waals surface area (Å²) in [5, 5.41) is 10.8. The van der Waals surface area contributed by atoms with Gasteiger partial charge in [-0.1, -0.05) is 29.8 Å². The van der Waals surface area contributed by atoms with Crippen molar-refractivity contribution in [3.05, 3.63) is 82.7 Å². The third-order valence-electron chi connectivity index (χ3n) is 9.79. The van der Waals surface area contributed by atoms with Crippen molar-refractivity contribution in [2.24, 2.45) is 17.6 Å². The van der Waals surface area contributed by atoms with Crippen LogP contribution in [0.15, 0.2) is 61.0 Å². The number of halogens is 1. The van der Waals surface area contributed by atoms with Crippen LogP contribution in [-0.4, -0.2) is 57.1 Å². The van der Waals surface area contributed by atoms with Crippen LogP contribution in [0.3, 0.4) is 0 Å². The molecule has 1 spiro atoms. The second-order valence-corrected chi connectivity index (χ2v) is 15.1. The molecule has 2 aliphatic heterocycles. The predicted octanol–water partition coefficient (Wildman–Crippen LogP) is 4.42. The average molecular weight is 642 g/mol.